The Hall–Kier alpha value is -1.88. The maximum Gasteiger partial charge on any atom is 0.189 e. The van der Waals surface area contributed by atoms with Crippen LogP contribution >= 0.6 is 15.9 Å². The molecule has 4 nitrogen and oxygen atoms in total. The number of rotatable bonds is 4. The molecule has 20 heavy (non-hydrogen) atoms. The molecule has 0 unspecified atom stereocenters. The molecule has 0 amide bonds. The van der Waals surface area contributed by atoms with Gasteiger partial charge in [0.1, 0.15) is 5.75 Å². The normalized spacial score (nSPS) is 11.2. The molecular weight excluding hydrogens is 320 g/mol. The lowest BCUT2D eigenvalue weighted by Gasteiger charge is -2.00. The molecule has 1 heterocycles. The number of phenolic OH excluding ortho intramolecular Hbond substituents is 1. The summed E-state index contributed by atoms with van der Waals surface area (Å²) in [4.78, 5) is 12.1. The molecule has 0 fully saturated rings. The predicted octanol–water partition coefficient (Wildman–Crippen LogP) is 3.58. The molecule has 104 valence electrons. The number of halogens is 1. The van der Waals surface area contributed by atoms with E-state index in [1.165, 1.54) is 6.08 Å². The Kier molecular flexibility index (Phi) is 4.39. The molecule has 0 aliphatic rings. The van der Waals surface area contributed by atoms with Crippen molar-refractivity contribution in [3.8, 4) is 5.75 Å². The van der Waals surface area contributed by atoms with E-state index >= 15 is 0 Å². The van der Waals surface area contributed by atoms with Gasteiger partial charge in [-0.05, 0) is 49.8 Å². The first-order valence-electron chi connectivity index (χ1n) is 6.26. The van der Waals surface area contributed by atoms with Crippen LogP contribution in [0.5, 0.6) is 5.75 Å². The van der Waals surface area contributed by atoms with Gasteiger partial charge < -0.3 is 5.11 Å². The second-order valence-corrected chi connectivity index (χ2v) is 5.22. The molecule has 0 aliphatic carbocycles. The SMILES string of the molecule is CCn1ncc(C(=O)C=Cc2cc(O)ccc2Br)c1C. The highest BCUT2D eigenvalue weighted by Gasteiger charge is 2.11. The number of ketones is 1. The Morgan fingerprint density at radius 2 is 2.25 bits per heavy atom. The number of nitrogens with zero attached hydrogens (tertiary/aromatic N) is 2. The maximum absolute atomic E-state index is 12.1. The first kappa shape index (κ1) is 14.5. The highest BCUT2D eigenvalue weighted by Crippen LogP contribution is 2.23. The van der Waals surface area contributed by atoms with Crippen LogP contribution in [0.3, 0.4) is 0 Å². The van der Waals surface area contributed by atoms with Crippen LogP contribution in [0.15, 0.2) is 34.9 Å². The summed E-state index contributed by atoms with van der Waals surface area (Å²) >= 11 is 3.38. The van der Waals surface area contributed by atoms with Gasteiger partial charge in [0.2, 0.25) is 0 Å². The maximum atomic E-state index is 12.1. The van der Waals surface area contributed by atoms with Gasteiger partial charge >= 0.3 is 0 Å². The zero-order chi connectivity index (χ0) is 14.7. The van der Waals surface area contributed by atoms with Crippen LogP contribution in [0.4, 0.5) is 0 Å². The number of carbonyl (C=O) groups excluding carboxylic acids is 1. The standard InChI is InChI=1S/C15H15BrN2O2/c1-3-18-10(2)13(9-17-18)15(20)7-4-11-8-12(19)5-6-14(11)16/h4-9,19H,3H2,1-2H3. The van der Waals surface area contributed by atoms with E-state index in [9.17, 15) is 9.90 Å². The van der Waals surface area contributed by atoms with Crippen molar-refractivity contribution in [3.05, 3.63) is 51.8 Å². The highest BCUT2D eigenvalue weighted by molar-refractivity contribution is 9.10. The average molecular weight is 335 g/mol. The smallest absolute Gasteiger partial charge is 0.189 e. The van der Waals surface area contributed by atoms with E-state index in [2.05, 4.69) is 21.0 Å². The first-order chi connectivity index (χ1) is 9.52. The second kappa shape index (κ2) is 6.05. The van der Waals surface area contributed by atoms with Crippen molar-refractivity contribution in [3.63, 3.8) is 0 Å². The molecule has 5 heteroatoms. The van der Waals surface area contributed by atoms with Gasteiger partial charge in [0.15, 0.2) is 5.78 Å². The Labute approximate surface area is 125 Å². The summed E-state index contributed by atoms with van der Waals surface area (Å²) in [7, 11) is 0. The predicted molar refractivity (Wildman–Crippen MR) is 81.8 cm³/mol. The minimum absolute atomic E-state index is 0.0996. The minimum atomic E-state index is -0.0996. The van der Waals surface area contributed by atoms with E-state index in [-0.39, 0.29) is 11.5 Å². The van der Waals surface area contributed by atoms with Gasteiger partial charge in [-0.25, -0.2) is 0 Å². The van der Waals surface area contributed by atoms with Crippen molar-refractivity contribution in [2.45, 2.75) is 20.4 Å². The first-order valence-corrected chi connectivity index (χ1v) is 7.05. The summed E-state index contributed by atoms with van der Waals surface area (Å²) in [6.07, 6.45) is 4.75. The summed E-state index contributed by atoms with van der Waals surface area (Å²) < 4.78 is 2.60. The van der Waals surface area contributed by atoms with Crippen LogP contribution in [-0.4, -0.2) is 20.7 Å². The Morgan fingerprint density at radius 1 is 1.50 bits per heavy atom. The quantitative estimate of drug-likeness (QED) is 0.686. The Bertz CT molecular complexity index is 675. The van der Waals surface area contributed by atoms with Gasteiger partial charge in [-0.15, -0.1) is 0 Å². The van der Waals surface area contributed by atoms with Gasteiger partial charge in [0.05, 0.1) is 11.8 Å². The zero-order valence-corrected chi connectivity index (χ0v) is 12.9. The van der Waals surface area contributed by atoms with Crippen molar-refractivity contribution < 1.29 is 9.90 Å². The van der Waals surface area contributed by atoms with E-state index in [0.717, 1.165) is 22.3 Å². The van der Waals surface area contributed by atoms with Crippen molar-refractivity contribution >= 4 is 27.8 Å². The van der Waals surface area contributed by atoms with Crippen LogP contribution in [0, 0.1) is 6.92 Å². The summed E-state index contributed by atoms with van der Waals surface area (Å²) in [5.74, 6) is 0.0627. The molecule has 0 saturated carbocycles. The van der Waals surface area contributed by atoms with E-state index in [4.69, 9.17) is 0 Å². The number of phenols is 1. The van der Waals surface area contributed by atoms with Crippen LogP contribution in [0.25, 0.3) is 6.08 Å². The largest absolute Gasteiger partial charge is 0.508 e. The Morgan fingerprint density at radius 3 is 2.90 bits per heavy atom. The molecule has 0 bridgehead atoms. The summed E-state index contributed by atoms with van der Waals surface area (Å²) in [6, 6.07) is 4.91. The molecular formula is C15H15BrN2O2. The summed E-state index contributed by atoms with van der Waals surface area (Å²) in [5.41, 5.74) is 2.20. The highest BCUT2D eigenvalue weighted by atomic mass is 79.9. The lowest BCUT2D eigenvalue weighted by Crippen LogP contribution is -2.01. The molecule has 2 rings (SSSR count). The third kappa shape index (κ3) is 2.99. The molecule has 0 spiro atoms. The molecule has 1 aromatic heterocycles. The number of benzene rings is 1. The fraction of sp³-hybridized carbons (Fsp3) is 0.200. The number of aromatic nitrogens is 2. The van der Waals surface area contributed by atoms with Gasteiger partial charge in [-0.2, -0.15) is 5.10 Å². The topological polar surface area (TPSA) is 55.1 Å². The van der Waals surface area contributed by atoms with Gasteiger partial charge in [-0.3, -0.25) is 9.48 Å². The second-order valence-electron chi connectivity index (χ2n) is 4.36. The average Bonchev–Trinajstić information content (AvgIpc) is 2.80. The van der Waals surface area contributed by atoms with Gasteiger partial charge in [-0.1, -0.05) is 15.9 Å². The molecule has 0 radical (unpaired) electrons. The molecule has 0 atom stereocenters. The monoisotopic (exact) mass is 334 g/mol. The number of hydrogen-bond donors (Lipinski definition) is 1. The van der Waals surface area contributed by atoms with Gasteiger partial charge in [0.25, 0.3) is 0 Å². The lowest BCUT2D eigenvalue weighted by molar-refractivity contribution is 0.104. The third-order valence-electron chi connectivity index (χ3n) is 3.06. The Balaban J connectivity index is 2.24. The van der Waals surface area contributed by atoms with Crippen LogP contribution in [-0.2, 0) is 6.54 Å². The van der Waals surface area contributed by atoms with Crippen LogP contribution < -0.4 is 0 Å². The summed E-state index contributed by atoms with van der Waals surface area (Å²) in [5, 5.41) is 13.6. The number of carbonyl (C=O) groups is 1. The molecule has 0 saturated heterocycles. The van der Waals surface area contributed by atoms with E-state index in [1.807, 2.05) is 13.8 Å². The number of aryl methyl sites for hydroxylation is 1. The lowest BCUT2D eigenvalue weighted by atomic mass is 10.1. The van der Waals surface area contributed by atoms with Crippen molar-refractivity contribution in [1.82, 2.24) is 9.78 Å². The summed E-state index contributed by atoms with van der Waals surface area (Å²) in [6.45, 7) is 4.59. The molecule has 2 aromatic rings. The zero-order valence-electron chi connectivity index (χ0n) is 11.3. The van der Waals surface area contributed by atoms with E-state index in [0.29, 0.717) is 5.56 Å². The molecule has 0 aliphatic heterocycles. The number of allylic oxidation sites excluding steroid dienone is 1. The van der Waals surface area contributed by atoms with Crippen molar-refractivity contribution in [1.29, 1.82) is 0 Å². The number of aromatic hydroxyl groups is 1. The fourth-order valence-electron chi connectivity index (χ4n) is 1.92. The minimum Gasteiger partial charge on any atom is -0.508 e. The van der Waals surface area contributed by atoms with E-state index < -0.39 is 0 Å². The third-order valence-corrected chi connectivity index (χ3v) is 3.78. The van der Waals surface area contributed by atoms with Crippen molar-refractivity contribution in [2.75, 3.05) is 0 Å². The molecule has 1 aromatic carbocycles. The van der Waals surface area contributed by atoms with Gasteiger partial charge in [0, 0.05) is 16.7 Å². The fourth-order valence-corrected chi connectivity index (χ4v) is 2.30. The van der Waals surface area contributed by atoms with E-state index in [1.54, 1.807) is 35.2 Å². The van der Waals surface area contributed by atoms with Crippen LogP contribution in [0.1, 0.15) is 28.5 Å². The number of hydrogen-bond acceptors (Lipinski definition) is 3. The van der Waals surface area contributed by atoms with Crippen molar-refractivity contribution in [2.24, 2.45) is 0 Å². The van der Waals surface area contributed by atoms with Crippen LogP contribution in [0.2, 0.25) is 0 Å². The molecule has 1 N–H and O–H groups in total.